The highest BCUT2D eigenvalue weighted by molar-refractivity contribution is 6.06. The van der Waals surface area contributed by atoms with Gasteiger partial charge in [-0.3, -0.25) is 9.59 Å². The number of amides is 2. The monoisotopic (exact) mass is 559 g/mol. The van der Waals surface area contributed by atoms with Crippen molar-refractivity contribution in [1.82, 2.24) is 10.2 Å². The zero-order chi connectivity index (χ0) is 29.2. The molecule has 1 aliphatic heterocycles. The summed E-state index contributed by atoms with van der Waals surface area (Å²) >= 11 is 0. The number of para-hydroxylation sites is 2. The van der Waals surface area contributed by atoms with Gasteiger partial charge in [0.05, 0.1) is 25.5 Å². The first kappa shape index (κ1) is 29.7. The zero-order valence-electron chi connectivity index (χ0n) is 24.5. The Kier molecular flexibility index (Phi) is 10.5. The van der Waals surface area contributed by atoms with Gasteiger partial charge in [0.2, 0.25) is 0 Å². The number of nitrogens with zero attached hydrogens (tertiary/aromatic N) is 3. The largest absolute Gasteiger partial charge is 0.497 e. The molecule has 9 heteroatoms. The third kappa shape index (κ3) is 7.49. The lowest BCUT2D eigenvalue weighted by molar-refractivity contribution is 0.0948. The Balaban J connectivity index is 1.53. The van der Waals surface area contributed by atoms with Gasteiger partial charge in [0.25, 0.3) is 11.8 Å². The lowest BCUT2D eigenvalue weighted by atomic mass is 10.1. The quantitative estimate of drug-likeness (QED) is 0.341. The maximum Gasteiger partial charge on any atom is 0.255 e. The molecular weight excluding hydrogens is 518 g/mol. The molecule has 218 valence electrons. The Labute approximate surface area is 243 Å². The summed E-state index contributed by atoms with van der Waals surface area (Å²) in [6, 6.07) is 20.6. The van der Waals surface area contributed by atoms with E-state index in [0.717, 1.165) is 62.9 Å². The van der Waals surface area contributed by atoms with Crippen molar-refractivity contribution < 1.29 is 19.1 Å². The molecule has 9 nitrogen and oxygen atoms in total. The van der Waals surface area contributed by atoms with Crippen LogP contribution in [0.4, 0.5) is 17.1 Å². The molecule has 0 radical (unpaired) electrons. The fourth-order valence-electron chi connectivity index (χ4n) is 5.08. The molecule has 2 amide bonds. The van der Waals surface area contributed by atoms with E-state index in [1.165, 1.54) is 0 Å². The number of ether oxygens (including phenoxy) is 2. The number of anilines is 3. The minimum Gasteiger partial charge on any atom is -0.497 e. The number of nitrogens with one attached hydrogen (secondary N) is 2. The molecule has 4 rings (SSSR count). The van der Waals surface area contributed by atoms with Gasteiger partial charge in [-0.25, -0.2) is 0 Å². The van der Waals surface area contributed by atoms with Crippen LogP contribution >= 0.6 is 0 Å². The summed E-state index contributed by atoms with van der Waals surface area (Å²) in [5.74, 6) is 1.03. The molecule has 0 aliphatic carbocycles. The first-order chi connectivity index (χ1) is 20.0. The van der Waals surface area contributed by atoms with Gasteiger partial charge in [-0.05, 0) is 61.6 Å². The average Bonchev–Trinajstić information content (AvgIpc) is 3.03. The second kappa shape index (κ2) is 14.4. The first-order valence-electron chi connectivity index (χ1n) is 14.2. The van der Waals surface area contributed by atoms with E-state index in [9.17, 15) is 9.59 Å². The summed E-state index contributed by atoms with van der Waals surface area (Å²) in [5.41, 5.74) is 3.50. The normalized spacial score (nSPS) is 13.2. The molecule has 0 unspecified atom stereocenters. The number of piperazine rings is 1. The Bertz CT molecular complexity index is 1320. The van der Waals surface area contributed by atoms with Crippen LogP contribution in [0.25, 0.3) is 0 Å². The summed E-state index contributed by atoms with van der Waals surface area (Å²) in [6.45, 7) is 10.5. The van der Waals surface area contributed by atoms with Crippen LogP contribution in [0, 0.1) is 0 Å². The van der Waals surface area contributed by atoms with E-state index in [0.29, 0.717) is 29.1 Å². The van der Waals surface area contributed by atoms with Crippen LogP contribution < -0.4 is 29.9 Å². The number of hydrogen-bond acceptors (Lipinski definition) is 7. The van der Waals surface area contributed by atoms with Crippen molar-refractivity contribution in [3.05, 3.63) is 77.9 Å². The Morgan fingerprint density at radius 3 is 2.20 bits per heavy atom. The van der Waals surface area contributed by atoms with Crippen LogP contribution in [-0.2, 0) is 0 Å². The van der Waals surface area contributed by atoms with Crippen LogP contribution in [0.3, 0.4) is 0 Å². The fraction of sp³-hybridized carbons (Fsp3) is 0.375. The smallest absolute Gasteiger partial charge is 0.255 e. The number of benzene rings is 3. The molecule has 3 aromatic rings. The van der Waals surface area contributed by atoms with E-state index < -0.39 is 0 Å². The zero-order valence-corrected chi connectivity index (χ0v) is 24.5. The van der Waals surface area contributed by atoms with Gasteiger partial charge in [0.15, 0.2) is 0 Å². The van der Waals surface area contributed by atoms with Gasteiger partial charge < -0.3 is 34.8 Å². The van der Waals surface area contributed by atoms with E-state index in [1.807, 2.05) is 30.3 Å². The number of rotatable bonds is 12. The summed E-state index contributed by atoms with van der Waals surface area (Å²) in [6.07, 6.45) is 0. The van der Waals surface area contributed by atoms with Crippen molar-refractivity contribution in [2.75, 3.05) is 81.7 Å². The van der Waals surface area contributed by atoms with Gasteiger partial charge in [-0.2, -0.15) is 0 Å². The summed E-state index contributed by atoms with van der Waals surface area (Å²) in [4.78, 5) is 33.3. The van der Waals surface area contributed by atoms with Crippen LogP contribution in [-0.4, -0.2) is 83.3 Å². The third-order valence-electron chi connectivity index (χ3n) is 7.49. The molecule has 3 aromatic carbocycles. The standard InChI is InChI=1S/C32H41N5O4/c1-5-35(6-2)17-16-33-32(39)27-23-25(34-31(38)24-10-9-11-26(22-24)40-3)14-15-28(27)36-18-20-37(21-19-36)29-12-7-8-13-30(29)41-4/h7-15,22-23H,5-6,16-21H2,1-4H3,(H,33,39)(H,34,38). The van der Waals surface area contributed by atoms with Crippen molar-refractivity contribution in [3.63, 3.8) is 0 Å². The molecule has 0 atom stereocenters. The average molecular weight is 560 g/mol. The molecule has 41 heavy (non-hydrogen) atoms. The Morgan fingerprint density at radius 1 is 0.805 bits per heavy atom. The Morgan fingerprint density at radius 2 is 1.51 bits per heavy atom. The van der Waals surface area contributed by atoms with E-state index in [1.54, 1.807) is 44.6 Å². The maximum atomic E-state index is 13.5. The van der Waals surface area contributed by atoms with Gasteiger partial charge in [0.1, 0.15) is 11.5 Å². The van der Waals surface area contributed by atoms with E-state index in [-0.39, 0.29) is 11.8 Å². The first-order valence-corrected chi connectivity index (χ1v) is 14.2. The predicted molar refractivity (Wildman–Crippen MR) is 165 cm³/mol. The molecule has 0 saturated carbocycles. The molecule has 0 spiro atoms. The topological polar surface area (TPSA) is 86.4 Å². The van der Waals surface area contributed by atoms with Gasteiger partial charge in [0, 0.05) is 56.2 Å². The van der Waals surface area contributed by atoms with Gasteiger partial charge in [-0.15, -0.1) is 0 Å². The van der Waals surface area contributed by atoms with Crippen LogP contribution in [0.15, 0.2) is 66.7 Å². The van der Waals surface area contributed by atoms with Crippen molar-refractivity contribution in [2.45, 2.75) is 13.8 Å². The van der Waals surface area contributed by atoms with Crippen LogP contribution in [0.2, 0.25) is 0 Å². The van der Waals surface area contributed by atoms with E-state index >= 15 is 0 Å². The van der Waals surface area contributed by atoms with Crippen molar-refractivity contribution in [1.29, 1.82) is 0 Å². The minimum absolute atomic E-state index is 0.156. The molecule has 1 fully saturated rings. The highest BCUT2D eigenvalue weighted by Gasteiger charge is 2.24. The molecular formula is C32H41N5O4. The van der Waals surface area contributed by atoms with Crippen LogP contribution in [0.1, 0.15) is 34.6 Å². The van der Waals surface area contributed by atoms with Gasteiger partial charge in [-0.1, -0.05) is 32.0 Å². The van der Waals surface area contributed by atoms with Crippen molar-refractivity contribution >= 4 is 28.9 Å². The molecule has 1 saturated heterocycles. The molecule has 1 aliphatic rings. The highest BCUT2D eigenvalue weighted by Crippen LogP contribution is 2.31. The molecule has 2 N–H and O–H groups in total. The number of hydrogen-bond donors (Lipinski definition) is 2. The minimum atomic E-state index is -0.269. The van der Waals surface area contributed by atoms with Crippen molar-refractivity contribution in [2.24, 2.45) is 0 Å². The summed E-state index contributed by atoms with van der Waals surface area (Å²) < 4.78 is 10.8. The Hall–Kier alpha value is -4.24. The lowest BCUT2D eigenvalue weighted by Gasteiger charge is -2.38. The predicted octanol–water partition coefficient (Wildman–Crippen LogP) is 4.35. The van der Waals surface area contributed by atoms with E-state index in [4.69, 9.17) is 9.47 Å². The number of methoxy groups -OCH3 is 2. The second-order valence-electron chi connectivity index (χ2n) is 9.85. The number of likely N-dealkylation sites (N-methyl/N-ethyl adjacent to an activating group) is 1. The third-order valence-corrected chi connectivity index (χ3v) is 7.49. The SMILES string of the molecule is CCN(CC)CCNC(=O)c1cc(NC(=O)c2cccc(OC)c2)ccc1N1CCN(c2ccccc2OC)CC1. The second-order valence-corrected chi connectivity index (χ2v) is 9.85. The lowest BCUT2D eigenvalue weighted by Crippen LogP contribution is -2.47. The van der Waals surface area contributed by atoms with Crippen LogP contribution in [0.5, 0.6) is 11.5 Å². The molecule has 1 heterocycles. The van der Waals surface area contributed by atoms with Gasteiger partial charge >= 0.3 is 0 Å². The number of carbonyl (C=O) groups excluding carboxylic acids is 2. The highest BCUT2D eigenvalue weighted by atomic mass is 16.5. The van der Waals surface area contributed by atoms with Crippen molar-refractivity contribution in [3.8, 4) is 11.5 Å². The fourth-order valence-corrected chi connectivity index (χ4v) is 5.08. The maximum absolute atomic E-state index is 13.5. The molecule has 0 aromatic heterocycles. The van der Waals surface area contributed by atoms with E-state index in [2.05, 4.69) is 45.2 Å². The summed E-state index contributed by atoms with van der Waals surface area (Å²) in [5, 5.41) is 6.04. The molecule has 0 bridgehead atoms. The number of carbonyl (C=O) groups is 2. The summed E-state index contributed by atoms with van der Waals surface area (Å²) in [7, 11) is 3.26.